The van der Waals surface area contributed by atoms with Crippen LogP contribution in [0.2, 0.25) is 0 Å². The first-order chi connectivity index (χ1) is 8.16. The van der Waals surface area contributed by atoms with E-state index in [0.29, 0.717) is 0 Å². The van der Waals surface area contributed by atoms with E-state index in [0.717, 1.165) is 43.5 Å². The quantitative estimate of drug-likeness (QED) is 0.885. The lowest BCUT2D eigenvalue weighted by Gasteiger charge is -2.15. The van der Waals surface area contributed by atoms with Gasteiger partial charge in [0, 0.05) is 17.8 Å². The van der Waals surface area contributed by atoms with E-state index >= 15 is 0 Å². The third-order valence-electron chi connectivity index (χ3n) is 3.24. The van der Waals surface area contributed by atoms with Crippen molar-refractivity contribution in [1.29, 1.82) is 0 Å². The van der Waals surface area contributed by atoms with Crippen LogP contribution < -0.4 is 11.1 Å². The molecule has 1 aliphatic rings. The summed E-state index contributed by atoms with van der Waals surface area (Å²) in [4.78, 5) is 4.22. The van der Waals surface area contributed by atoms with Crippen molar-refractivity contribution in [2.24, 2.45) is 5.73 Å². The Hall–Kier alpha value is -0.710. The first-order valence-corrected chi connectivity index (χ1v) is 6.30. The van der Waals surface area contributed by atoms with Crippen LogP contribution in [-0.2, 0) is 6.42 Å². The highest BCUT2D eigenvalue weighted by molar-refractivity contribution is 5.85. The molecule has 2 heterocycles. The van der Waals surface area contributed by atoms with Crippen molar-refractivity contribution in [3.63, 3.8) is 0 Å². The van der Waals surface area contributed by atoms with Gasteiger partial charge in [0.15, 0.2) is 0 Å². The smallest absolute Gasteiger partial charge is 0.141 e. The fraction of sp³-hybridized carbons (Fsp3) is 0.615. The molecule has 1 saturated heterocycles. The monoisotopic (exact) mass is 273 g/mol. The minimum absolute atomic E-state index is 0. The maximum atomic E-state index is 13.3. The Morgan fingerprint density at radius 2 is 2.39 bits per heavy atom. The Kier molecular flexibility index (Phi) is 5.99. The SMILES string of the molecule is CC(N)CCc1ncc(F)cc1[C@H]1CCCN1.Cl. The molecule has 0 amide bonds. The molecule has 1 fully saturated rings. The summed E-state index contributed by atoms with van der Waals surface area (Å²) in [6.45, 7) is 2.99. The lowest BCUT2D eigenvalue weighted by Crippen LogP contribution is -2.19. The van der Waals surface area contributed by atoms with Crippen LogP contribution in [0.1, 0.15) is 43.5 Å². The molecule has 0 aromatic carbocycles. The number of nitrogens with two attached hydrogens (primary N) is 1. The summed E-state index contributed by atoms with van der Waals surface area (Å²) in [5, 5.41) is 3.39. The zero-order valence-electron chi connectivity index (χ0n) is 10.7. The number of hydrogen-bond acceptors (Lipinski definition) is 3. The van der Waals surface area contributed by atoms with Crippen LogP contribution in [0.3, 0.4) is 0 Å². The van der Waals surface area contributed by atoms with Crippen molar-refractivity contribution >= 4 is 12.4 Å². The predicted octanol–water partition coefficient (Wildman–Crippen LogP) is 2.35. The van der Waals surface area contributed by atoms with Crippen molar-refractivity contribution < 1.29 is 4.39 Å². The third-order valence-corrected chi connectivity index (χ3v) is 3.24. The van der Waals surface area contributed by atoms with Crippen LogP contribution in [0, 0.1) is 5.82 Å². The minimum Gasteiger partial charge on any atom is -0.328 e. The highest BCUT2D eigenvalue weighted by Crippen LogP contribution is 2.26. The second-order valence-corrected chi connectivity index (χ2v) is 4.85. The highest BCUT2D eigenvalue weighted by atomic mass is 35.5. The zero-order chi connectivity index (χ0) is 12.3. The molecule has 1 unspecified atom stereocenters. The van der Waals surface area contributed by atoms with E-state index in [9.17, 15) is 4.39 Å². The maximum Gasteiger partial charge on any atom is 0.141 e. The van der Waals surface area contributed by atoms with Crippen molar-refractivity contribution in [2.75, 3.05) is 6.54 Å². The van der Waals surface area contributed by atoms with Gasteiger partial charge in [0.2, 0.25) is 0 Å². The van der Waals surface area contributed by atoms with Gasteiger partial charge in [-0.1, -0.05) is 0 Å². The van der Waals surface area contributed by atoms with Gasteiger partial charge in [-0.15, -0.1) is 12.4 Å². The number of nitrogens with one attached hydrogen (secondary N) is 1. The largest absolute Gasteiger partial charge is 0.328 e. The molecule has 102 valence electrons. The van der Waals surface area contributed by atoms with E-state index in [4.69, 9.17) is 5.73 Å². The van der Waals surface area contributed by atoms with Crippen molar-refractivity contribution in [3.8, 4) is 0 Å². The molecule has 1 aliphatic heterocycles. The van der Waals surface area contributed by atoms with E-state index in [1.54, 1.807) is 6.07 Å². The van der Waals surface area contributed by atoms with Crippen LogP contribution in [0.25, 0.3) is 0 Å². The van der Waals surface area contributed by atoms with Gasteiger partial charge >= 0.3 is 0 Å². The molecule has 0 bridgehead atoms. The molecule has 0 spiro atoms. The van der Waals surface area contributed by atoms with Crippen LogP contribution in [0.15, 0.2) is 12.3 Å². The zero-order valence-corrected chi connectivity index (χ0v) is 11.5. The molecule has 0 radical (unpaired) electrons. The molecular weight excluding hydrogens is 253 g/mol. The highest BCUT2D eigenvalue weighted by Gasteiger charge is 2.20. The summed E-state index contributed by atoms with van der Waals surface area (Å²) in [7, 11) is 0. The summed E-state index contributed by atoms with van der Waals surface area (Å²) in [5.41, 5.74) is 7.76. The number of aromatic nitrogens is 1. The fourth-order valence-electron chi connectivity index (χ4n) is 2.31. The Bertz CT molecular complexity index is 378. The summed E-state index contributed by atoms with van der Waals surface area (Å²) < 4.78 is 13.3. The molecule has 18 heavy (non-hydrogen) atoms. The number of hydrogen-bond donors (Lipinski definition) is 2. The maximum absolute atomic E-state index is 13.3. The minimum atomic E-state index is -0.252. The molecule has 2 atom stereocenters. The Balaban J connectivity index is 0.00000162. The first-order valence-electron chi connectivity index (χ1n) is 6.30. The molecule has 3 N–H and O–H groups in total. The van der Waals surface area contributed by atoms with Gasteiger partial charge in [-0.2, -0.15) is 0 Å². The number of nitrogens with zero attached hydrogens (tertiary/aromatic N) is 1. The number of rotatable bonds is 4. The average molecular weight is 274 g/mol. The summed E-state index contributed by atoms with van der Waals surface area (Å²) in [5.74, 6) is -0.252. The molecule has 0 aliphatic carbocycles. The van der Waals surface area contributed by atoms with Crippen molar-refractivity contribution in [2.45, 2.75) is 44.7 Å². The van der Waals surface area contributed by atoms with Gasteiger partial charge in [0.25, 0.3) is 0 Å². The van der Waals surface area contributed by atoms with Crippen LogP contribution in [0.5, 0.6) is 0 Å². The average Bonchev–Trinajstić information content (AvgIpc) is 2.80. The Morgan fingerprint density at radius 3 is 3.00 bits per heavy atom. The van der Waals surface area contributed by atoms with Gasteiger partial charge in [-0.3, -0.25) is 4.98 Å². The first kappa shape index (κ1) is 15.3. The molecular formula is C13H21ClFN3. The van der Waals surface area contributed by atoms with Crippen LogP contribution in [-0.4, -0.2) is 17.6 Å². The van der Waals surface area contributed by atoms with E-state index in [2.05, 4.69) is 10.3 Å². The van der Waals surface area contributed by atoms with Crippen molar-refractivity contribution in [1.82, 2.24) is 10.3 Å². The Morgan fingerprint density at radius 1 is 1.61 bits per heavy atom. The lowest BCUT2D eigenvalue weighted by molar-refractivity contribution is 0.581. The Labute approximate surface area is 114 Å². The lowest BCUT2D eigenvalue weighted by atomic mass is 9.99. The van der Waals surface area contributed by atoms with Crippen LogP contribution in [0.4, 0.5) is 4.39 Å². The molecule has 5 heteroatoms. The van der Waals surface area contributed by atoms with Gasteiger partial charge in [0.05, 0.1) is 6.20 Å². The molecule has 1 aromatic heterocycles. The van der Waals surface area contributed by atoms with E-state index in [1.807, 2.05) is 6.92 Å². The fourth-order valence-corrected chi connectivity index (χ4v) is 2.31. The number of pyridine rings is 1. The standard InChI is InChI=1S/C13H20FN3.ClH/c1-9(15)4-5-13-11(7-10(14)8-17-13)12-3-2-6-16-12;/h7-9,12,16H,2-6,15H2,1H3;1H/t9?,12-;/m1./s1. The summed E-state index contributed by atoms with van der Waals surface area (Å²) in [6, 6.07) is 2.04. The van der Waals surface area contributed by atoms with Gasteiger partial charge in [-0.25, -0.2) is 4.39 Å². The molecule has 2 rings (SSSR count). The second kappa shape index (κ2) is 7.02. The predicted molar refractivity (Wildman–Crippen MR) is 73.4 cm³/mol. The topological polar surface area (TPSA) is 50.9 Å². The molecule has 1 aromatic rings. The number of aryl methyl sites for hydroxylation is 1. The number of halogens is 2. The summed E-state index contributed by atoms with van der Waals surface area (Å²) in [6.07, 6.45) is 5.23. The molecule has 3 nitrogen and oxygen atoms in total. The van der Waals surface area contributed by atoms with Gasteiger partial charge in [-0.05, 0) is 50.8 Å². The van der Waals surface area contributed by atoms with E-state index < -0.39 is 0 Å². The van der Waals surface area contributed by atoms with E-state index in [1.165, 1.54) is 6.20 Å². The van der Waals surface area contributed by atoms with Gasteiger partial charge in [0.1, 0.15) is 5.82 Å². The van der Waals surface area contributed by atoms with E-state index in [-0.39, 0.29) is 30.3 Å². The second-order valence-electron chi connectivity index (χ2n) is 4.85. The normalized spacial score (nSPS) is 20.5. The van der Waals surface area contributed by atoms with Crippen molar-refractivity contribution in [3.05, 3.63) is 29.3 Å². The van der Waals surface area contributed by atoms with Gasteiger partial charge < -0.3 is 11.1 Å². The van der Waals surface area contributed by atoms with Crippen LogP contribution >= 0.6 is 12.4 Å². The summed E-state index contributed by atoms with van der Waals surface area (Å²) >= 11 is 0. The third kappa shape index (κ3) is 3.90. The molecule has 0 saturated carbocycles.